The van der Waals surface area contributed by atoms with Gasteiger partial charge in [0, 0.05) is 12.4 Å². The zero-order valence-electron chi connectivity index (χ0n) is 10.9. The number of amides is 2. The fourth-order valence-corrected chi connectivity index (χ4v) is 1.82. The first-order valence-electron chi connectivity index (χ1n) is 5.40. The Labute approximate surface area is 110 Å². The van der Waals surface area contributed by atoms with Gasteiger partial charge in [-0.15, -0.1) is 11.3 Å². The lowest BCUT2D eigenvalue weighted by Crippen LogP contribution is -2.53. The van der Waals surface area contributed by atoms with Crippen molar-refractivity contribution in [3.8, 4) is 0 Å². The van der Waals surface area contributed by atoms with Gasteiger partial charge in [0.2, 0.25) is 0 Å². The lowest BCUT2D eigenvalue weighted by Gasteiger charge is -2.25. The predicted octanol–water partition coefficient (Wildman–Crippen LogP) is 1.46. The van der Waals surface area contributed by atoms with Crippen molar-refractivity contribution in [2.75, 3.05) is 7.05 Å². The Morgan fingerprint density at radius 3 is 2.61 bits per heavy atom. The van der Waals surface area contributed by atoms with Crippen molar-refractivity contribution in [2.24, 2.45) is 0 Å². The molecule has 1 aromatic rings. The minimum Gasteiger partial charge on any atom is -0.480 e. The predicted molar refractivity (Wildman–Crippen MR) is 68.6 cm³/mol. The van der Waals surface area contributed by atoms with Crippen LogP contribution in [0.1, 0.15) is 24.5 Å². The molecule has 0 atom stereocenters. The van der Waals surface area contributed by atoms with Crippen molar-refractivity contribution in [2.45, 2.75) is 32.9 Å². The summed E-state index contributed by atoms with van der Waals surface area (Å²) in [5.74, 6) is -1.08. The third-order valence-corrected chi connectivity index (χ3v) is 3.19. The van der Waals surface area contributed by atoms with Crippen LogP contribution in [0.5, 0.6) is 0 Å². The topological polar surface area (TPSA) is 82.5 Å². The van der Waals surface area contributed by atoms with E-state index in [-0.39, 0.29) is 0 Å². The minimum atomic E-state index is -1.29. The van der Waals surface area contributed by atoms with Gasteiger partial charge >= 0.3 is 12.0 Å². The molecule has 1 heterocycles. The molecule has 1 rings (SSSR count). The number of nitrogens with zero attached hydrogens (tertiary/aromatic N) is 2. The summed E-state index contributed by atoms with van der Waals surface area (Å²) in [7, 11) is 1.60. The number of aromatic nitrogens is 1. The lowest BCUT2D eigenvalue weighted by molar-refractivity contribution is -0.143. The standard InChI is InChI=1S/C11H17N3O3S/c1-7-12-8(6-18-7)5-14(4)10(17)13-11(2,3)9(15)16/h6H,5H2,1-4H3,(H,13,17)(H,15,16). The highest BCUT2D eigenvalue weighted by Crippen LogP contribution is 2.10. The Morgan fingerprint density at radius 1 is 1.56 bits per heavy atom. The molecule has 2 N–H and O–H groups in total. The molecule has 0 aliphatic carbocycles. The fourth-order valence-electron chi connectivity index (χ4n) is 1.21. The molecule has 0 spiro atoms. The molecule has 1 aromatic heterocycles. The molecule has 6 nitrogen and oxygen atoms in total. The summed E-state index contributed by atoms with van der Waals surface area (Å²) in [4.78, 5) is 28.3. The molecule has 7 heteroatoms. The van der Waals surface area contributed by atoms with Crippen LogP contribution in [0, 0.1) is 6.92 Å². The second-order valence-electron chi connectivity index (χ2n) is 4.57. The van der Waals surface area contributed by atoms with E-state index in [1.54, 1.807) is 7.05 Å². The van der Waals surface area contributed by atoms with E-state index in [4.69, 9.17) is 5.11 Å². The van der Waals surface area contributed by atoms with E-state index < -0.39 is 17.5 Å². The number of thiazole rings is 1. The minimum absolute atomic E-state index is 0.353. The van der Waals surface area contributed by atoms with E-state index in [9.17, 15) is 9.59 Å². The van der Waals surface area contributed by atoms with E-state index in [1.807, 2.05) is 12.3 Å². The number of carbonyl (C=O) groups excluding carboxylic acids is 1. The Balaban J connectivity index is 2.59. The van der Waals surface area contributed by atoms with Crippen LogP contribution in [0.3, 0.4) is 0 Å². The maximum atomic E-state index is 11.8. The first-order chi connectivity index (χ1) is 8.22. The van der Waals surface area contributed by atoms with Crippen LogP contribution in [0.4, 0.5) is 4.79 Å². The van der Waals surface area contributed by atoms with Crippen LogP contribution >= 0.6 is 11.3 Å². The van der Waals surface area contributed by atoms with Gasteiger partial charge in [0.15, 0.2) is 0 Å². The zero-order valence-corrected chi connectivity index (χ0v) is 11.7. The third kappa shape index (κ3) is 3.69. The summed E-state index contributed by atoms with van der Waals surface area (Å²) >= 11 is 1.51. The average Bonchev–Trinajstić information content (AvgIpc) is 2.63. The number of aliphatic carboxylic acids is 1. The molecule has 0 aliphatic rings. The van der Waals surface area contributed by atoms with Crippen molar-refractivity contribution in [3.05, 3.63) is 16.1 Å². The fraction of sp³-hybridized carbons (Fsp3) is 0.545. The highest BCUT2D eigenvalue weighted by atomic mass is 32.1. The van der Waals surface area contributed by atoms with Crippen molar-refractivity contribution in [1.29, 1.82) is 0 Å². The highest BCUT2D eigenvalue weighted by molar-refractivity contribution is 7.09. The molecule has 0 unspecified atom stereocenters. The van der Waals surface area contributed by atoms with Crippen molar-refractivity contribution >= 4 is 23.3 Å². The number of urea groups is 1. The summed E-state index contributed by atoms with van der Waals surface area (Å²) in [5.41, 5.74) is -0.494. The molecule has 100 valence electrons. The number of rotatable bonds is 4. The molecule has 0 aromatic carbocycles. The maximum absolute atomic E-state index is 11.8. The molecule has 0 fully saturated rings. The molecule has 0 saturated heterocycles. The lowest BCUT2D eigenvalue weighted by atomic mass is 10.1. The van der Waals surface area contributed by atoms with Gasteiger partial charge in [0.1, 0.15) is 5.54 Å². The first kappa shape index (κ1) is 14.4. The normalized spacial score (nSPS) is 11.1. The van der Waals surface area contributed by atoms with E-state index in [0.717, 1.165) is 10.7 Å². The Hall–Kier alpha value is -1.63. The molecule has 0 bridgehead atoms. The summed E-state index contributed by atoms with van der Waals surface area (Å²) in [6.07, 6.45) is 0. The van der Waals surface area contributed by atoms with Crippen LogP contribution in [0.2, 0.25) is 0 Å². The van der Waals surface area contributed by atoms with E-state index in [1.165, 1.54) is 30.1 Å². The van der Waals surface area contributed by atoms with Crippen LogP contribution in [-0.2, 0) is 11.3 Å². The number of carboxylic acid groups (broad SMARTS) is 1. The summed E-state index contributed by atoms with van der Waals surface area (Å²) in [6.45, 7) is 5.12. The molecule has 2 amide bonds. The van der Waals surface area contributed by atoms with Gasteiger partial charge in [-0.1, -0.05) is 0 Å². The van der Waals surface area contributed by atoms with Crippen LogP contribution in [0.25, 0.3) is 0 Å². The molecular formula is C11H17N3O3S. The largest absolute Gasteiger partial charge is 0.480 e. The van der Waals surface area contributed by atoms with Crippen molar-refractivity contribution < 1.29 is 14.7 Å². The Morgan fingerprint density at radius 2 is 2.17 bits per heavy atom. The second kappa shape index (κ2) is 5.34. The molecule has 18 heavy (non-hydrogen) atoms. The number of hydrogen-bond donors (Lipinski definition) is 2. The van der Waals surface area contributed by atoms with Crippen molar-refractivity contribution in [3.63, 3.8) is 0 Å². The van der Waals surface area contributed by atoms with Gasteiger partial charge < -0.3 is 15.3 Å². The molecule has 0 aliphatic heterocycles. The Bertz CT molecular complexity index is 456. The third-order valence-electron chi connectivity index (χ3n) is 2.37. The van der Waals surface area contributed by atoms with E-state index in [2.05, 4.69) is 10.3 Å². The zero-order chi connectivity index (χ0) is 13.9. The van der Waals surface area contributed by atoms with Gasteiger partial charge in [-0.3, -0.25) is 0 Å². The molecular weight excluding hydrogens is 254 g/mol. The van der Waals surface area contributed by atoms with Crippen molar-refractivity contribution in [1.82, 2.24) is 15.2 Å². The monoisotopic (exact) mass is 271 g/mol. The second-order valence-corrected chi connectivity index (χ2v) is 5.64. The Kier molecular flexibility index (Phi) is 4.28. The number of hydrogen-bond acceptors (Lipinski definition) is 4. The van der Waals surface area contributed by atoms with Gasteiger partial charge in [-0.25, -0.2) is 14.6 Å². The number of carboxylic acids is 1. The summed E-state index contributed by atoms with van der Waals surface area (Å²) < 4.78 is 0. The smallest absolute Gasteiger partial charge is 0.328 e. The maximum Gasteiger partial charge on any atom is 0.328 e. The molecule has 0 saturated carbocycles. The summed E-state index contributed by atoms with van der Waals surface area (Å²) in [6, 6.07) is -0.437. The number of carbonyl (C=O) groups is 2. The van der Waals surface area contributed by atoms with Gasteiger partial charge in [-0.2, -0.15) is 0 Å². The molecule has 0 radical (unpaired) electrons. The first-order valence-corrected chi connectivity index (χ1v) is 6.28. The van der Waals surface area contributed by atoms with E-state index in [0.29, 0.717) is 6.54 Å². The SMILES string of the molecule is Cc1nc(CN(C)C(=O)NC(C)(C)C(=O)O)cs1. The van der Waals surface area contributed by atoms with Gasteiger partial charge in [0.25, 0.3) is 0 Å². The van der Waals surface area contributed by atoms with Crippen LogP contribution in [-0.4, -0.2) is 39.6 Å². The van der Waals surface area contributed by atoms with Crippen LogP contribution in [0.15, 0.2) is 5.38 Å². The van der Waals surface area contributed by atoms with Crippen LogP contribution < -0.4 is 5.32 Å². The quantitative estimate of drug-likeness (QED) is 0.868. The van der Waals surface area contributed by atoms with Gasteiger partial charge in [0.05, 0.1) is 17.2 Å². The van der Waals surface area contributed by atoms with Gasteiger partial charge in [-0.05, 0) is 20.8 Å². The number of aryl methyl sites for hydroxylation is 1. The highest BCUT2D eigenvalue weighted by Gasteiger charge is 2.30. The number of nitrogens with one attached hydrogen (secondary N) is 1. The average molecular weight is 271 g/mol. The van der Waals surface area contributed by atoms with E-state index >= 15 is 0 Å². The summed E-state index contributed by atoms with van der Waals surface area (Å²) in [5, 5.41) is 14.2.